The molecule has 2 aromatic rings. The standard InChI is InChI=1S/C18H16N2O4S/c19-9-14-13-7-4-8-15(13)25-18(14)20-16(21)10-24-17(22)11-23-12-5-2-1-3-6-12/h1-3,5-6H,4,7-8,10-11H2,(H,20,21). The van der Waals surface area contributed by atoms with E-state index in [9.17, 15) is 14.9 Å². The molecule has 0 saturated heterocycles. The minimum absolute atomic E-state index is 0.270. The van der Waals surface area contributed by atoms with Gasteiger partial charge < -0.3 is 14.8 Å². The molecule has 1 aliphatic rings. The van der Waals surface area contributed by atoms with Crippen LogP contribution in [-0.4, -0.2) is 25.1 Å². The van der Waals surface area contributed by atoms with Crippen LogP contribution in [0.4, 0.5) is 5.00 Å². The Hall–Kier alpha value is -2.85. The van der Waals surface area contributed by atoms with E-state index in [4.69, 9.17) is 9.47 Å². The van der Waals surface area contributed by atoms with Crippen LogP contribution in [0.15, 0.2) is 30.3 Å². The maximum Gasteiger partial charge on any atom is 0.344 e. The fraction of sp³-hybridized carbons (Fsp3) is 0.278. The van der Waals surface area contributed by atoms with Gasteiger partial charge in [0.15, 0.2) is 13.2 Å². The monoisotopic (exact) mass is 356 g/mol. The number of thiophene rings is 1. The second-order valence-corrected chi connectivity index (χ2v) is 6.59. The molecular formula is C18H16N2O4S. The van der Waals surface area contributed by atoms with Gasteiger partial charge in [0.1, 0.15) is 16.8 Å². The van der Waals surface area contributed by atoms with E-state index >= 15 is 0 Å². The number of ether oxygens (including phenoxy) is 2. The molecule has 7 heteroatoms. The number of hydrogen-bond acceptors (Lipinski definition) is 6. The Morgan fingerprint density at radius 3 is 2.76 bits per heavy atom. The normalized spacial score (nSPS) is 12.1. The SMILES string of the molecule is N#Cc1c(NC(=O)COC(=O)COc2ccccc2)sc2c1CCC2. The minimum Gasteiger partial charge on any atom is -0.482 e. The third-order valence-corrected chi connectivity index (χ3v) is 4.96. The molecule has 0 unspecified atom stereocenters. The van der Waals surface area contributed by atoms with Crippen LogP contribution in [0.1, 0.15) is 22.4 Å². The first kappa shape index (κ1) is 17.0. The van der Waals surface area contributed by atoms with E-state index in [1.165, 1.54) is 11.3 Å². The Balaban J connectivity index is 1.47. The van der Waals surface area contributed by atoms with Crippen molar-refractivity contribution in [3.05, 3.63) is 46.3 Å². The number of para-hydroxylation sites is 1. The lowest BCUT2D eigenvalue weighted by molar-refractivity contribution is -0.149. The van der Waals surface area contributed by atoms with Gasteiger partial charge in [0, 0.05) is 4.88 Å². The van der Waals surface area contributed by atoms with Crippen LogP contribution in [0.2, 0.25) is 0 Å². The van der Waals surface area contributed by atoms with Crippen LogP contribution >= 0.6 is 11.3 Å². The molecule has 1 aromatic heterocycles. The van der Waals surface area contributed by atoms with E-state index in [1.807, 2.05) is 6.07 Å². The summed E-state index contributed by atoms with van der Waals surface area (Å²) in [7, 11) is 0. The highest BCUT2D eigenvalue weighted by atomic mass is 32.1. The number of anilines is 1. The van der Waals surface area contributed by atoms with Crippen molar-refractivity contribution < 1.29 is 19.1 Å². The van der Waals surface area contributed by atoms with Gasteiger partial charge >= 0.3 is 5.97 Å². The molecular weight excluding hydrogens is 340 g/mol. The molecule has 0 spiro atoms. The highest BCUT2D eigenvalue weighted by Crippen LogP contribution is 2.38. The highest BCUT2D eigenvalue weighted by Gasteiger charge is 2.23. The van der Waals surface area contributed by atoms with Gasteiger partial charge in [-0.1, -0.05) is 18.2 Å². The number of carbonyl (C=O) groups excluding carboxylic acids is 2. The number of nitrogens with one attached hydrogen (secondary N) is 1. The molecule has 1 aromatic carbocycles. The van der Waals surface area contributed by atoms with Crippen LogP contribution in [0, 0.1) is 11.3 Å². The number of carbonyl (C=O) groups is 2. The summed E-state index contributed by atoms with van der Waals surface area (Å²) in [5.41, 5.74) is 1.57. The Morgan fingerprint density at radius 1 is 1.20 bits per heavy atom. The van der Waals surface area contributed by atoms with E-state index in [2.05, 4.69) is 11.4 Å². The number of esters is 1. The smallest absolute Gasteiger partial charge is 0.344 e. The summed E-state index contributed by atoms with van der Waals surface area (Å²) in [4.78, 5) is 24.7. The number of rotatable bonds is 6. The van der Waals surface area contributed by atoms with Gasteiger partial charge in [-0.15, -0.1) is 11.3 Å². The molecule has 0 fully saturated rings. The number of fused-ring (bicyclic) bond motifs is 1. The van der Waals surface area contributed by atoms with Crippen molar-refractivity contribution in [2.45, 2.75) is 19.3 Å². The molecule has 0 radical (unpaired) electrons. The van der Waals surface area contributed by atoms with Crippen molar-refractivity contribution in [2.75, 3.05) is 18.5 Å². The first-order valence-electron chi connectivity index (χ1n) is 7.85. The van der Waals surface area contributed by atoms with Crippen molar-refractivity contribution in [2.24, 2.45) is 0 Å². The van der Waals surface area contributed by atoms with E-state index in [0.29, 0.717) is 16.3 Å². The average Bonchev–Trinajstić information content (AvgIpc) is 3.19. The number of nitrogens with zero attached hydrogens (tertiary/aromatic N) is 1. The van der Waals surface area contributed by atoms with Crippen molar-refractivity contribution in [3.63, 3.8) is 0 Å². The lowest BCUT2D eigenvalue weighted by Gasteiger charge is -2.07. The molecule has 0 bridgehead atoms. The number of amides is 1. The Kier molecular flexibility index (Phi) is 5.31. The summed E-state index contributed by atoms with van der Waals surface area (Å²) in [6.07, 6.45) is 2.86. The third kappa shape index (κ3) is 4.17. The maximum absolute atomic E-state index is 12.0. The van der Waals surface area contributed by atoms with Crippen LogP contribution in [0.3, 0.4) is 0 Å². The molecule has 1 N–H and O–H groups in total. The number of benzene rings is 1. The summed E-state index contributed by atoms with van der Waals surface area (Å²) in [6, 6.07) is 11.0. The first-order chi connectivity index (χ1) is 12.2. The third-order valence-electron chi connectivity index (χ3n) is 3.75. The molecule has 1 amide bonds. The average molecular weight is 356 g/mol. The zero-order valence-electron chi connectivity index (χ0n) is 13.4. The Morgan fingerprint density at radius 2 is 2.00 bits per heavy atom. The predicted octanol–water partition coefficient (Wildman–Crippen LogP) is 2.67. The van der Waals surface area contributed by atoms with Gasteiger partial charge in [0.2, 0.25) is 0 Å². The van der Waals surface area contributed by atoms with Gasteiger partial charge in [0.25, 0.3) is 5.91 Å². The van der Waals surface area contributed by atoms with Crippen LogP contribution in [-0.2, 0) is 27.2 Å². The zero-order chi connectivity index (χ0) is 17.6. The van der Waals surface area contributed by atoms with Crippen LogP contribution < -0.4 is 10.1 Å². The molecule has 25 heavy (non-hydrogen) atoms. The van der Waals surface area contributed by atoms with Gasteiger partial charge in [-0.05, 0) is 37.0 Å². The van der Waals surface area contributed by atoms with Crippen molar-refractivity contribution in [1.29, 1.82) is 5.26 Å². The summed E-state index contributed by atoms with van der Waals surface area (Å²) in [5.74, 6) is -0.548. The molecule has 6 nitrogen and oxygen atoms in total. The summed E-state index contributed by atoms with van der Waals surface area (Å²) in [6.45, 7) is -0.682. The quantitative estimate of drug-likeness (QED) is 0.804. The van der Waals surface area contributed by atoms with E-state index in [1.54, 1.807) is 24.3 Å². The molecule has 0 saturated carbocycles. The van der Waals surface area contributed by atoms with Crippen LogP contribution in [0.25, 0.3) is 0 Å². The molecule has 128 valence electrons. The highest BCUT2D eigenvalue weighted by molar-refractivity contribution is 7.16. The fourth-order valence-corrected chi connectivity index (χ4v) is 3.88. The maximum atomic E-state index is 12.0. The number of hydrogen-bond donors (Lipinski definition) is 1. The van der Waals surface area contributed by atoms with Crippen LogP contribution in [0.5, 0.6) is 5.75 Å². The zero-order valence-corrected chi connectivity index (χ0v) is 14.2. The van der Waals surface area contributed by atoms with E-state index in [-0.39, 0.29) is 6.61 Å². The number of nitriles is 1. The second-order valence-electron chi connectivity index (χ2n) is 5.48. The minimum atomic E-state index is -0.631. The van der Waals surface area contributed by atoms with Gasteiger partial charge in [-0.25, -0.2) is 4.79 Å². The largest absolute Gasteiger partial charge is 0.482 e. The van der Waals surface area contributed by atoms with E-state index in [0.717, 1.165) is 29.7 Å². The first-order valence-corrected chi connectivity index (χ1v) is 8.67. The summed E-state index contributed by atoms with van der Waals surface area (Å²) < 4.78 is 10.1. The van der Waals surface area contributed by atoms with Gasteiger partial charge in [-0.3, -0.25) is 4.79 Å². The summed E-state index contributed by atoms with van der Waals surface area (Å²) in [5, 5.41) is 12.5. The van der Waals surface area contributed by atoms with Gasteiger partial charge in [-0.2, -0.15) is 5.26 Å². The predicted molar refractivity (Wildman–Crippen MR) is 92.6 cm³/mol. The Labute approximate surface area is 149 Å². The molecule has 1 aliphatic carbocycles. The molecule has 3 rings (SSSR count). The van der Waals surface area contributed by atoms with Gasteiger partial charge in [0.05, 0.1) is 5.56 Å². The topological polar surface area (TPSA) is 88.4 Å². The molecule has 1 heterocycles. The molecule has 0 aliphatic heterocycles. The second kappa shape index (κ2) is 7.81. The molecule has 0 atom stereocenters. The van der Waals surface area contributed by atoms with Crippen molar-refractivity contribution >= 4 is 28.2 Å². The van der Waals surface area contributed by atoms with Crippen molar-refractivity contribution in [3.8, 4) is 11.8 Å². The van der Waals surface area contributed by atoms with E-state index < -0.39 is 18.5 Å². The van der Waals surface area contributed by atoms with Crippen molar-refractivity contribution in [1.82, 2.24) is 0 Å². The number of aryl methyl sites for hydroxylation is 1. The lowest BCUT2D eigenvalue weighted by Crippen LogP contribution is -2.23. The Bertz CT molecular complexity index is 824. The summed E-state index contributed by atoms with van der Waals surface area (Å²) >= 11 is 1.42. The lowest BCUT2D eigenvalue weighted by atomic mass is 10.1. The fourth-order valence-electron chi connectivity index (χ4n) is 2.62.